The molecule has 1 aliphatic rings. The lowest BCUT2D eigenvalue weighted by atomic mass is 10.1. The van der Waals surface area contributed by atoms with Crippen LogP contribution in [0.2, 0.25) is 0 Å². The fourth-order valence-corrected chi connectivity index (χ4v) is 4.53. The first-order valence-electron chi connectivity index (χ1n) is 9.77. The molecule has 30 heavy (non-hydrogen) atoms. The van der Waals surface area contributed by atoms with Gasteiger partial charge in [-0.1, -0.05) is 6.07 Å². The van der Waals surface area contributed by atoms with Crippen LogP contribution in [0.15, 0.2) is 42.5 Å². The zero-order valence-corrected chi connectivity index (χ0v) is 17.9. The Balaban J connectivity index is 1.45. The average Bonchev–Trinajstić information content (AvgIpc) is 3.31. The van der Waals surface area contributed by atoms with E-state index in [1.165, 1.54) is 16.9 Å². The minimum Gasteiger partial charge on any atom is -0.497 e. The third-order valence-corrected chi connectivity index (χ3v) is 6.43. The summed E-state index contributed by atoms with van der Waals surface area (Å²) in [5.41, 5.74) is 4.41. The molecule has 0 bridgehead atoms. The summed E-state index contributed by atoms with van der Waals surface area (Å²) in [6.45, 7) is 4.07. The zero-order valence-electron chi connectivity index (χ0n) is 17.1. The highest BCUT2D eigenvalue weighted by molar-refractivity contribution is 7.16. The van der Waals surface area contributed by atoms with Crippen molar-refractivity contribution in [2.45, 2.75) is 32.6 Å². The molecule has 0 saturated carbocycles. The summed E-state index contributed by atoms with van der Waals surface area (Å²) in [6.07, 6.45) is 1.52. The minimum atomic E-state index is -0.301. The summed E-state index contributed by atoms with van der Waals surface area (Å²) in [7, 11) is 1.58. The molecule has 1 aromatic heterocycles. The lowest BCUT2D eigenvalue weighted by molar-refractivity contribution is -0.117. The molecule has 2 N–H and O–H groups in total. The van der Waals surface area contributed by atoms with Crippen molar-refractivity contribution >= 4 is 34.0 Å². The van der Waals surface area contributed by atoms with Crippen LogP contribution in [0.1, 0.15) is 44.4 Å². The van der Waals surface area contributed by atoms with Crippen molar-refractivity contribution in [2.75, 3.05) is 17.7 Å². The van der Waals surface area contributed by atoms with Gasteiger partial charge in [-0.15, -0.1) is 11.3 Å². The molecule has 0 saturated heterocycles. The number of benzene rings is 2. The van der Waals surface area contributed by atoms with Crippen LogP contribution in [0.25, 0.3) is 0 Å². The van der Waals surface area contributed by atoms with Crippen molar-refractivity contribution < 1.29 is 14.3 Å². The third-order valence-electron chi connectivity index (χ3n) is 5.38. The van der Waals surface area contributed by atoms with Gasteiger partial charge in [0.1, 0.15) is 5.75 Å². The number of rotatable bonds is 5. The first kappa shape index (κ1) is 20.1. The monoisotopic (exact) mass is 421 g/mol. The Labute approximate surface area is 179 Å². The molecular weight excluding hydrogens is 398 g/mol. The van der Waals surface area contributed by atoms with Crippen LogP contribution in [0.3, 0.4) is 0 Å². The van der Waals surface area contributed by atoms with Crippen molar-refractivity contribution in [3.05, 3.63) is 69.7 Å². The Morgan fingerprint density at radius 1 is 1.07 bits per heavy atom. The standard InChI is InChI=1S/C23H23N3O3S/c1-13-4-7-16(12-14(13)2)24-22(28)18-10-11-19-20(18)25-23(30-19)26-21(27)15-5-8-17(29-3)9-6-15/h4-9,12,18H,10-11H2,1-3H3,(H,24,28)(H,25,26,27). The molecule has 1 heterocycles. The normalized spacial score (nSPS) is 14.8. The third kappa shape index (κ3) is 4.07. The summed E-state index contributed by atoms with van der Waals surface area (Å²) in [6, 6.07) is 12.8. The lowest BCUT2D eigenvalue weighted by Gasteiger charge is -2.12. The van der Waals surface area contributed by atoms with Crippen LogP contribution in [0, 0.1) is 13.8 Å². The molecule has 4 rings (SSSR count). The van der Waals surface area contributed by atoms with Crippen LogP contribution >= 0.6 is 11.3 Å². The summed E-state index contributed by atoms with van der Waals surface area (Å²) in [4.78, 5) is 31.0. The van der Waals surface area contributed by atoms with Gasteiger partial charge < -0.3 is 10.1 Å². The van der Waals surface area contributed by atoms with Crippen molar-refractivity contribution in [3.8, 4) is 5.75 Å². The SMILES string of the molecule is COc1ccc(C(=O)Nc2nc3c(s2)CCC3C(=O)Nc2ccc(C)c(C)c2)cc1. The van der Waals surface area contributed by atoms with E-state index < -0.39 is 0 Å². The van der Waals surface area contributed by atoms with Crippen molar-refractivity contribution in [2.24, 2.45) is 0 Å². The van der Waals surface area contributed by atoms with Crippen LogP contribution in [-0.4, -0.2) is 23.9 Å². The van der Waals surface area contributed by atoms with Gasteiger partial charge in [0.15, 0.2) is 5.13 Å². The van der Waals surface area contributed by atoms with Crippen LogP contribution < -0.4 is 15.4 Å². The molecular formula is C23H23N3O3S. The van der Waals surface area contributed by atoms with Crippen molar-refractivity contribution in [1.29, 1.82) is 0 Å². The number of carbonyl (C=O) groups is 2. The van der Waals surface area contributed by atoms with E-state index in [-0.39, 0.29) is 17.7 Å². The highest BCUT2D eigenvalue weighted by Crippen LogP contribution is 2.39. The quantitative estimate of drug-likeness (QED) is 0.626. The van der Waals surface area contributed by atoms with Gasteiger partial charge in [-0.2, -0.15) is 0 Å². The van der Waals surface area contributed by atoms with E-state index in [2.05, 4.69) is 15.6 Å². The second kappa shape index (κ2) is 8.28. The predicted molar refractivity (Wildman–Crippen MR) is 119 cm³/mol. The number of nitrogens with zero attached hydrogens (tertiary/aromatic N) is 1. The molecule has 0 aliphatic heterocycles. The summed E-state index contributed by atoms with van der Waals surface area (Å²) < 4.78 is 5.12. The number of ether oxygens (including phenoxy) is 1. The van der Waals surface area contributed by atoms with Gasteiger partial charge in [0, 0.05) is 16.1 Å². The molecule has 2 amide bonds. The first-order valence-corrected chi connectivity index (χ1v) is 10.6. The number of hydrogen-bond donors (Lipinski definition) is 2. The molecule has 1 aliphatic carbocycles. The van der Waals surface area contributed by atoms with Crippen LogP contribution in [0.4, 0.5) is 10.8 Å². The molecule has 7 heteroatoms. The highest BCUT2D eigenvalue weighted by Gasteiger charge is 2.33. The zero-order chi connectivity index (χ0) is 21.3. The summed E-state index contributed by atoms with van der Waals surface area (Å²) in [5, 5.41) is 6.37. The van der Waals surface area contributed by atoms with E-state index in [9.17, 15) is 9.59 Å². The fourth-order valence-electron chi connectivity index (χ4n) is 3.50. The Bertz CT molecular complexity index is 1110. The van der Waals surface area contributed by atoms with E-state index >= 15 is 0 Å². The maximum absolute atomic E-state index is 12.8. The molecule has 0 radical (unpaired) electrons. The van der Waals surface area contributed by atoms with Gasteiger partial charge in [-0.05, 0) is 74.2 Å². The molecule has 154 valence electrons. The number of carbonyl (C=O) groups excluding carboxylic acids is 2. The summed E-state index contributed by atoms with van der Waals surface area (Å²) in [5.74, 6) is 0.0958. The van der Waals surface area contributed by atoms with Crippen molar-refractivity contribution in [3.63, 3.8) is 0 Å². The van der Waals surface area contributed by atoms with E-state index in [1.54, 1.807) is 31.4 Å². The second-order valence-corrected chi connectivity index (χ2v) is 8.47. The average molecular weight is 422 g/mol. The number of fused-ring (bicyclic) bond motifs is 1. The number of nitrogens with one attached hydrogen (secondary N) is 2. The lowest BCUT2D eigenvalue weighted by Crippen LogP contribution is -2.20. The number of aryl methyl sites for hydroxylation is 3. The van der Waals surface area contributed by atoms with Gasteiger partial charge >= 0.3 is 0 Å². The number of methoxy groups -OCH3 is 1. The number of amides is 2. The topological polar surface area (TPSA) is 80.3 Å². The maximum atomic E-state index is 12.8. The Kier molecular flexibility index (Phi) is 5.55. The highest BCUT2D eigenvalue weighted by atomic mass is 32.1. The number of thiazole rings is 1. The van der Waals surface area contributed by atoms with Crippen LogP contribution in [0.5, 0.6) is 5.75 Å². The maximum Gasteiger partial charge on any atom is 0.257 e. The molecule has 0 fully saturated rings. The Morgan fingerprint density at radius 3 is 2.53 bits per heavy atom. The molecule has 0 spiro atoms. The van der Waals surface area contributed by atoms with Gasteiger partial charge in [0.25, 0.3) is 5.91 Å². The van der Waals surface area contributed by atoms with Crippen molar-refractivity contribution in [1.82, 2.24) is 4.98 Å². The Morgan fingerprint density at radius 2 is 1.83 bits per heavy atom. The van der Waals surface area contributed by atoms with Gasteiger partial charge in [-0.3, -0.25) is 14.9 Å². The molecule has 1 atom stereocenters. The smallest absolute Gasteiger partial charge is 0.257 e. The van der Waals surface area contributed by atoms with E-state index in [4.69, 9.17) is 4.74 Å². The van der Waals surface area contributed by atoms with Crippen LogP contribution in [-0.2, 0) is 11.2 Å². The number of hydrogen-bond acceptors (Lipinski definition) is 5. The molecule has 6 nitrogen and oxygen atoms in total. The Hall–Kier alpha value is -3.19. The fraction of sp³-hybridized carbons (Fsp3) is 0.261. The van der Waals surface area contributed by atoms with Gasteiger partial charge in [-0.25, -0.2) is 4.98 Å². The van der Waals surface area contributed by atoms with E-state index in [1.807, 2.05) is 32.0 Å². The first-order chi connectivity index (χ1) is 14.4. The molecule has 3 aromatic rings. The number of aromatic nitrogens is 1. The molecule has 1 unspecified atom stereocenters. The predicted octanol–water partition coefficient (Wildman–Crippen LogP) is 4.69. The second-order valence-electron chi connectivity index (χ2n) is 7.39. The minimum absolute atomic E-state index is 0.0599. The summed E-state index contributed by atoms with van der Waals surface area (Å²) >= 11 is 1.44. The van der Waals surface area contributed by atoms with Gasteiger partial charge in [0.2, 0.25) is 5.91 Å². The van der Waals surface area contributed by atoms with Gasteiger partial charge in [0.05, 0.1) is 18.7 Å². The largest absolute Gasteiger partial charge is 0.497 e. The molecule has 2 aromatic carbocycles. The van der Waals surface area contributed by atoms with E-state index in [0.29, 0.717) is 16.4 Å². The van der Waals surface area contributed by atoms with E-state index in [0.717, 1.165) is 34.7 Å². The number of anilines is 2.